The highest BCUT2D eigenvalue weighted by Gasteiger charge is 2.17. The quantitative estimate of drug-likeness (QED) is 0.574. The lowest BCUT2D eigenvalue weighted by atomic mass is 10.2. The van der Waals surface area contributed by atoms with Crippen LogP contribution in [-0.2, 0) is 12.8 Å². The van der Waals surface area contributed by atoms with Gasteiger partial charge in [-0.3, -0.25) is 10.2 Å². The Balaban J connectivity index is 1.97. The van der Waals surface area contributed by atoms with Gasteiger partial charge >= 0.3 is 0 Å². The maximum Gasteiger partial charge on any atom is 0.212 e. The van der Waals surface area contributed by atoms with E-state index in [1.165, 1.54) is 0 Å². The van der Waals surface area contributed by atoms with Gasteiger partial charge in [-0.05, 0) is 19.3 Å². The molecule has 0 saturated heterocycles. The van der Waals surface area contributed by atoms with E-state index in [2.05, 4.69) is 49.6 Å². The van der Waals surface area contributed by atoms with Gasteiger partial charge in [-0.1, -0.05) is 26.7 Å². The summed E-state index contributed by atoms with van der Waals surface area (Å²) in [5, 5.41) is 27.4. The van der Waals surface area contributed by atoms with Crippen molar-refractivity contribution >= 4 is 17.2 Å². The van der Waals surface area contributed by atoms with E-state index in [0.717, 1.165) is 55.7 Å². The average molecular weight is 344 g/mol. The molecule has 25 heavy (non-hydrogen) atoms. The molecule has 9 heteroatoms. The standard InChI is InChI=1S/C16H24N8O/c1-4-6-8-11-14(19-21-15-12(25-3)10-17-20-15)16-22-18-13(9-7-5-2)24(16)23-11/h10,23H,4-9H2,1-3H3,(H,17,20). The van der Waals surface area contributed by atoms with Crippen LogP contribution in [0.2, 0.25) is 0 Å². The van der Waals surface area contributed by atoms with Gasteiger partial charge in [-0.2, -0.15) is 5.10 Å². The van der Waals surface area contributed by atoms with Crippen molar-refractivity contribution in [2.24, 2.45) is 10.2 Å². The third-order valence-electron chi connectivity index (χ3n) is 4.06. The van der Waals surface area contributed by atoms with Crippen molar-refractivity contribution in [3.8, 4) is 5.75 Å². The summed E-state index contributed by atoms with van der Waals surface area (Å²) in [5.74, 6) is 1.96. The molecule has 0 aliphatic carbocycles. The number of aryl methyl sites for hydroxylation is 2. The van der Waals surface area contributed by atoms with Crippen LogP contribution < -0.4 is 4.74 Å². The van der Waals surface area contributed by atoms with Crippen molar-refractivity contribution in [2.75, 3.05) is 7.11 Å². The largest absolute Gasteiger partial charge is 0.491 e. The zero-order valence-corrected chi connectivity index (χ0v) is 14.9. The first-order valence-electron chi connectivity index (χ1n) is 8.72. The second-order valence-corrected chi connectivity index (χ2v) is 5.91. The Morgan fingerprint density at radius 3 is 2.68 bits per heavy atom. The Labute approximate surface area is 145 Å². The minimum atomic E-state index is 0.481. The van der Waals surface area contributed by atoms with Gasteiger partial charge in [0.15, 0.2) is 17.3 Å². The molecule has 3 rings (SSSR count). The molecule has 0 bridgehead atoms. The summed E-state index contributed by atoms with van der Waals surface area (Å²) in [6, 6.07) is 0. The lowest BCUT2D eigenvalue weighted by molar-refractivity contribution is 0.416. The van der Waals surface area contributed by atoms with Gasteiger partial charge in [-0.15, -0.1) is 20.4 Å². The fraction of sp³-hybridized carbons (Fsp3) is 0.562. The number of nitrogens with zero attached hydrogens (tertiary/aromatic N) is 6. The van der Waals surface area contributed by atoms with Crippen molar-refractivity contribution in [2.45, 2.75) is 52.4 Å². The molecule has 0 radical (unpaired) electrons. The van der Waals surface area contributed by atoms with Crippen LogP contribution in [0.5, 0.6) is 5.75 Å². The van der Waals surface area contributed by atoms with Crippen LogP contribution in [0.15, 0.2) is 16.4 Å². The molecule has 3 aromatic heterocycles. The summed E-state index contributed by atoms with van der Waals surface area (Å²) in [7, 11) is 1.57. The van der Waals surface area contributed by atoms with E-state index in [9.17, 15) is 0 Å². The van der Waals surface area contributed by atoms with Gasteiger partial charge in [0.1, 0.15) is 0 Å². The summed E-state index contributed by atoms with van der Waals surface area (Å²) >= 11 is 0. The number of nitrogens with one attached hydrogen (secondary N) is 2. The van der Waals surface area contributed by atoms with Crippen LogP contribution in [0.3, 0.4) is 0 Å². The number of fused-ring (bicyclic) bond motifs is 1. The molecule has 0 saturated carbocycles. The van der Waals surface area contributed by atoms with Crippen LogP contribution >= 0.6 is 0 Å². The van der Waals surface area contributed by atoms with Crippen LogP contribution in [0.4, 0.5) is 11.5 Å². The molecule has 2 N–H and O–H groups in total. The third kappa shape index (κ3) is 3.54. The Morgan fingerprint density at radius 1 is 1.12 bits per heavy atom. The molecular formula is C16H24N8O. The second kappa shape index (κ2) is 7.91. The lowest BCUT2D eigenvalue weighted by Crippen LogP contribution is -1.97. The highest BCUT2D eigenvalue weighted by atomic mass is 16.5. The molecule has 0 aliphatic heterocycles. The number of aromatic amines is 2. The van der Waals surface area contributed by atoms with Gasteiger partial charge in [0, 0.05) is 6.42 Å². The predicted octanol–water partition coefficient (Wildman–Crippen LogP) is 3.89. The van der Waals surface area contributed by atoms with Crippen molar-refractivity contribution in [3.63, 3.8) is 0 Å². The first-order chi connectivity index (χ1) is 12.3. The van der Waals surface area contributed by atoms with Crippen molar-refractivity contribution in [1.82, 2.24) is 30.0 Å². The molecule has 0 atom stereocenters. The maximum absolute atomic E-state index is 5.20. The Kier molecular flexibility index (Phi) is 5.42. The molecule has 0 fully saturated rings. The number of ether oxygens (including phenoxy) is 1. The molecule has 3 aromatic rings. The fourth-order valence-corrected chi connectivity index (χ4v) is 2.63. The Morgan fingerprint density at radius 2 is 1.92 bits per heavy atom. The first kappa shape index (κ1) is 17.1. The van der Waals surface area contributed by atoms with E-state index >= 15 is 0 Å². The third-order valence-corrected chi connectivity index (χ3v) is 4.06. The Hall–Kier alpha value is -2.71. The number of hydrogen-bond donors (Lipinski definition) is 2. The van der Waals surface area contributed by atoms with Gasteiger partial charge in [-0.25, -0.2) is 4.52 Å². The second-order valence-electron chi connectivity index (χ2n) is 5.91. The molecule has 0 spiro atoms. The fourth-order valence-electron chi connectivity index (χ4n) is 2.63. The van der Waals surface area contributed by atoms with E-state index in [4.69, 9.17) is 4.74 Å². The van der Waals surface area contributed by atoms with Crippen LogP contribution in [0.25, 0.3) is 5.65 Å². The van der Waals surface area contributed by atoms with E-state index < -0.39 is 0 Å². The Bertz CT molecular complexity index is 844. The number of unbranched alkanes of at least 4 members (excludes halogenated alkanes) is 2. The molecular weight excluding hydrogens is 320 g/mol. The number of aromatic nitrogens is 6. The van der Waals surface area contributed by atoms with Crippen LogP contribution in [-0.4, -0.2) is 37.1 Å². The van der Waals surface area contributed by atoms with Gasteiger partial charge in [0.2, 0.25) is 11.5 Å². The summed E-state index contributed by atoms with van der Waals surface area (Å²) < 4.78 is 7.13. The maximum atomic E-state index is 5.20. The van der Waals surface area contributed by atoms with E-state index in [0.29, 0.717) is 17.2 Å². The number of azo groups is 1. The molecule has 3 heterocycles. The zero-order chi connectivity index (χ0) is 17.6. The van der Waals surface area contributed by atoms with Crippen molar-refractivity contribution in [1.29, 1.82) is 0 Å². The number of hydrogen-bond acceptors (Lipinski definition) is 6. The topological polar surface area (TPSA) is 109 Å². The molecule has 0 aliphatic rings. The molecule has 9 nitrogen and oxygen atoms in total. The monoisotopic (exact) mass is 344 g/mol. The van der Waals surface area contributed by atoms with Gasteiger partial charge in [0.05, 0.1) is 19.0 Å². The molecule has 0 amide bonds. The summed E-state index contributed by atoms with van der Waals surface area (Å²) in [4.78, 5) is 0. The van der Waals surface area contributed by atoms with E-state index in [1.54, 1.807) is 13.3 Å². The number of methoxy groups -OCH3 is 1. The smallest absolute Gasteiger partial charge is 0.212 e. The highest BCUT2D eigenvalue weighted by molar-refractivity contribution is 5.66. The predicted molar refractivity (Wildman–Crippen MR) is 93.9 cm³/mol. The van der Waals surface area contributed by atoms with Crippen molar-refractivity contribution in [3.05, 3.63) is 17.7 Å². The van der Waals surface area contributed by atoms with Crippen molar-refractivity contribution < 1.29 is 4.74 Å². The minimum absolute atomic E-state index is 0.481. The normalized spacial score (nSPS) is 11.8. The van der Waals surface area contributed by atoms with Crippen LogP contribution in [0, 0.1) is 0 Å². The summed E-state index contributed by atoms with van der Waals surface area (Å²) in [6.07, 6.45) is 7.71. The SMILES string of the molecule is CCCCc1[nH]n2c(CCCC)nnc2c1N=Nc1[nH]ncc1OC. The number of rotatable bonds is 9. The molecule has 0 aromatic carbocycles. The minimum Gasteiger partial charge on any atom is -0.491 e. The van der Waals surface area contributed by atoms with E-state index in [1.807, 2.05) is 4.52 Å². The summed E-state index contributed by atoms with van der Waals surface area (Å²) in [5.41, 5.74) is 2.45. The highest BCUT2D eigenvalue weighted by Crippen LogP contribution is 2.30. The first-order valence-corrected chi connectivity index (χ1v) is 8.72. The van der Waals surface area contributed by atoms with Crippen LogP contribution in [0.1, 0.15) is 51.0 Å². The van der Waals surface area contributed by atoms with Gasteiger partial charge in [0.25, 0.3) is 0 Å². The number of H-pyrrole nitrogens is 2. The molecule has 0 unspecified atom stereocenters. The zero-order valence-electron chi connectivity index (χ0n) is 14.9. The lowest BCUT2D eigenvalue weighted by Gasteiger charge is -1.98. The summed E-state index contributed by atoms with van der Waals surface area (Å²) in [6.45, 7) is 4.33. The van der Waals surface area contributed by atoms with E-state index in [-0.39, 0.29) is 0 Å². The van der Waals surface area contributed by atoms with Gasteiger partial charge < -0.3 is 4.74 Å². The average Bonchev–Trinajstić information content (AvgIpc) is 3.31. The molecule has 134 valence electrons.